The van der Waals surface area contributed by atoms with E-state index in [4.69, 9.17) is 16.3 Å². The second-order valence-corrected chi connectivity index (χ2v) is 12.7. The summed E-state index contributed by atoms with van der Waals surface area (Å²) in [4.78, 5) is 37.6. The Labute approximate surface area is 222 Å². The van der Waals surface area contributed by atoms with Gasteiger partial charge in [0.05, 0.1) is 18.1 Å². The Balaban J connectivity index is 1.59. The van der Waals surface area contributed by atoms with Gasteiger partial charge in [0.1, 0.15) is 16.1 Å². The molecule has 196 valence electrons. The lowest BCUT2D eigenvalue weighted by Crippen LogP contribution is -2.47. The van der Waals surface area contributed by atoms with E-state index in [0.717, 1.165) is 56.2 Å². The molecule has 4 rings (SSSR count). The Morgan fingerprint density at radius 3 is 2.28 bits per heavy atom. The molecule has 36 heavy (non-hydrogen) atoms. The van der Waals surface area contributed by atoms with E-state index in [1.54, 1.807) is 0 Å². The largest absolute Gasteiger partial charge is 0.477 e. The van der Waals surface area contributed by atoms with Crippen LogP contribution in [0.4, 0.5) is 5.69 Å². The highest BCUT2D eigenvalue weighted by Gasteiger charge is 2.38. The zero-order valence-electron chi connectivity index (χ0n) is 21.5. The zero-order valence-corrected chi connectivity index (χ0v) is 23.1. The second-order valence-electron chi connectivity index (χ2n) is 11.3. The van der Waals surface area contributed by atoms with Gasteiger partial charge in [-0.1, -0.05) is 39.3 Å². The standard InChI is InChI=1S/C27H36ClN3O4S/c1-16-5-7-17(8-6-16)25(32)31(20-13-21(27(2,3)4)36-24(20)26(33)34)18-9-11-19(12-10-18)35-23-15-29-22(28)14-30-23/h13-19H,5-12H2,1-4H3,(H,33,34). The van der Waals surface area contributed by atoms with Crippen molar-refractivity contribution in [2.75, 3.05) is 4.90 Å². The molecule has 0 bridgehead atoms. The van der Waals surface area contributed by atoms with Gasteiger partial charge in [-0.3, -0.25) is 4.79 Å². The summed E-state index contributed by atoms with van der Waals surface area (Å²) in [7, 11) is 0. The van der Waals surface area contributed by atoms with Crippen molar-refractivity contribution in [2.45, 2.75) is 96.6 Å². The number of carbonyl (C=O) groups is 2. The number of halogens is 1. The lowest BCUT2D eigenvalue weighted by atomic mass is 9.81. The molecule has 2 heterocycles. The van der Waals surface area contributed by atoms with Crippen molar-refractivity contribution in [3.63, 3.8) is 0 Å². The topological polar surface area (TPSA) is 92.6 Å². The highest BCUT2D eigenvalue weighted by atomic mass is 35.5. The number of nitrogens with zero attached hydrogens (tertiary/aromatic N) is 3. The number of amides is 1. The van der Waals surface area contributed by atoms with Gasteiger partial charge in [0.25, 0.3) is 0 Å². The lowest BCUT2D eigenvalue weighted by Gasteiger charge is -2.39. The first-order valence-electron chi connectivity index (χ1n) is 12.9. The van der Waals surface area contributed by atoms with Crippen LogP contribution in [0.2, 0.25) is 5.15 Å². The average Bonchev–Trinajstić information content (AvgIpc) is 3.28. The molecular weight excluding hydrogens is 498 g/mol. The average molecular weight is 534 g/mol. The summed E-state index contributed by atoms with van der Waals surface area (Å²) >= 11 is 7.12. The highest BCUT2D eigenvalue weighted by Crippen LogP contribution is 2.42. The molecule has 0 radical (unpaired) electrons. The molecular formula is C27H36ClN3O4S. The van der Waals surface area contributed by atoms with Crippen LogP contribution in [0, 0.1) is 11.8 Å². The Morgan fingerprint density at radius 1 is 1.06 bits per heavy atom. The normalized spacial score (nSPS) is 24.8. The second kappa shape index (κ2) is 11.1. The Bertz CT molecular complexity index is 1070. The molecule has 1 amide bonds. The maximum absolute atomic E-state index is 14.0. The van der Waals surface area contributed by atoms with Crippen LogP contribution in [-0.2, 0) is 10.2 Å². The smallest absolute Gasteiger partial charge is 0.348 e. The number of carboxylic acids is 1. The minimum absolute atomic E-state index is 0.0317. The number of carbonyl (C=O) groups excluding carboxylic acids is 1. The molecule has 1 N–H and O–H groups in total. The van der Waals surface area contributed by atoms with Crippen molar-refractivity contribution < 1.29 is 19.4 Å². The summed E-state index contributed by atoms with van der Waals surface area (Å²) in [5, 5.41) is 10.4. The number of hydrogen-bond donors (Lipinski definition) is 1. The van der Waals surface area contributed by atoms with Crippen molar-refractivity contribution in [3.8, 4) is 5.88 Å². The van der Waals surface area contributed by atoms with E-state index in [9.17, 15) is 14.7 Å². The highest BCUT2D eigenvalue weighted by molar-refractivity contribution is 7.14. The van der Waals surface area contributed by atoms with Gasteiger partial charge in [0.15, 0.2) is 0 Å². The van der Waals surface area contributed by atoms with Gasteiger partial charge in [-0.15, -0.1) is 11.3 Å². The van der Waals surface area contributed by atoms with E-state index in [0.29, 0.717) is 22.6 Å². The third-order valence-corrected chi connectivity index (χ3v) is 9.13. The van der Waals surface area contributed by atoms with Crippen LogP contribution in [-0.4, -0.2) is 39.1 Å². The minimum atomic E-state index is -0.973. The number of aromatic nitrogens is 2. The molecule has 2 aliphatic carbocycles. The van der Waals surface area contributed by atoms with Crippen LogP contribution in [0.3, 0.4) is 0 Å². The summed E-state index contributed by atoms with van der Waals surface area (Å²) in [6, 6.07) is 1.89. The SMILES string of the molecule is CC1CCC(C(=O)N(c2cc(C(C)(C)C)sc2C(=O)O)C2CCC(Oc3cnc(Cl)cn3)CC2)CC1. The first-order valence-corrected chi connectivity index (χ1v) is 14.1. The molecule has 2 fully saturated rings. The van der Waals surface area contributed by atoms with E-state index in [1.165, 1.54) is 23.7 Å². The molecule has 2 aliphatic rings. The van der Waals surface area contributed by atoms with Gasteiger partial charge in [-0.2, -0.15) is 0 Å². The van der Waals surface area contributed by atoms with Crippen LogP contribution in [0.5, 0.6) is 5.88 Å². The lowest BCUT2D eigenvalue weighted by molar-refractivity contribution is -0.124. The molecule has 0 spiro atoms. The quantitative estimate of drug-likeness (QED) is 0.442. The molecule has 9 heteroatoms. The van der Waals surface area contributed by atoms with Gasteiger partial charge in [-0.25, -0.2) is 14.8 Å². The zero-order chi connectivity index (χ0) is 26.0. The number of aromatic carboxylic acids is 1. The van der Waals surface area contributed by atoms with Crippen LogP contribution in [0.1, 0.15) is 93.6 Å². The van der Waals surface area contributed by atoms with Crippen molar-refractivity contribution in [2.24, 2.45) is 11.8 Å². The predicted octanol–water partition coefficient (Wildman–Crippen LogP) is 6.74. The van der Waals surface area contributed by atoms with E-state index in [2.05, 4.69) is 37.7 Å². The number of carboxylic acid groups (broad SMARTS) is 1. The summed E-state index contributed by atoms with van der Waals surface area (Å²) in [5.41, 5.74) is 0.363. The fourth-order valence-electron chi connectivity index (χ4n) is 5.24. The predicted molar refractivity (Wildman–Crippen MR) is 142 cm³/mol. The van der Waals surface area contributed by atoms with E-state index < -0.39 is 5.97 Å². The molecule has 2 saturated carbocycles. The Kier molecular flexibility index (Phi) is 8.25. The first-order chi connectivity index (χ1) is 17.0. The molecule has 0 aliphatic heterocycles. The first kappa shape index (κ1) is 26.9. The van der Waals surface area contributed by atoms with Crippen LogP contribution in [0.15, 0.2) is 18.5 Å². The molecule has 0 atom stereocenters. The monoisotopic (exact) mass is 533 g/mol. The summed E-state index contributed by atoms with van der Waals surface area (Å²) in [5.74, 6) is 0.121. The molecule has 2 aromatic heterocycles. The third-order valence-electron chi connectivity index (χ3n) is 7.40. The Hall–Kier alpha value is -2.19. The van der Waals surface area contributed by atoms with Crippen molar-refractivity contribution >= 4 is 40.5 Å². The summed E-state index contributed by atoms with van der Waals surface area (Å²) < 4.78 is 6.02. The number of hydrogen-bond acceptors (Lipinski definition) is 6. The molecule has 2 aromatic rings. The number of rotatable bonds is 6. The van der Waals surface area contributed by atoms with Gasteiger partial charge < -0.3 is 14.7 Å². The molecule has 0 unspecified atom stereocenters. The summed E-state index contributed by atoms with van der Waals surface area (Å²) in [6.07, 6.45) is 9.73. The number of thiophene rings is 1. The van der Waals surface area contributed by atoms with Gasteiger partial charge >= 0.3 is 5.97 Å². The van der Waals surface area contributed by atoms with Crippen molar-refractivity contribution in [3.05, 3.63) is 33.4 Å². The molecule has 0 saturated heterocycles. The summed E-state index contributed by atoms with van der Waals surface area (Å²) in [6.45, 7) is 8.46. The fraction of sp³-hybridized carbons (Fsp3) is 0.630. The van der Waals surface area contributed by atoms with Crippen LogP contribution in [0.25, 0.3) is 0 Å². The maximum Gasteiger partial charge on any atom is 0.348 e. The van der Waals surface area contributed by atoms with Gasteiger partial charge in [-0.05, 0) is 68.8 Å². The van der Waals surface area contributed by atoms with Crippen LogP contribution < -0.4 is 9.64 Å². The van der Waals surface area contributed by atoms with Gasteiger partial charge in [0, 0.05) is 16.8 Å². The van der Waals surface area contributed by atoms with Crippen LogP contribution >= 0.6 is 22.9 Å². The Morgan fingerprint density at radius 2 is 1.72 bits per heavy atom. The molecule has 7 nitrogen and oxygen atoms in total. The fourth-order valence-corrected chi connectivity index (χ4v) is 6.38. The minimum Gasteiger partial charge on any atom is -0.477 e. The van der Waals surface area contributed by atoms with Gasteiger partial charge in [0.2, 0.25) is 11.8 Å². The number of ether oxygens (including phenoxy) is 1. The van der Waals surface area contributed by atoms with Crippen molar-refractivity contribution in [1.29, 1.82) is 0 Å². The van der Waals surface area contributed by atoms with Crippen molar-refractivity contribution in [1.82, 2.24) is 9.97 Å². The number of anilines is 1. The van der Waals surface area contributed by atoms with E-state index in [-0.39, 0.29) is 34.3 Å². The maximum atomic E-state index is 14.0. The molecule has 0 aromatic carbocycles. The van der Waals surface area contributed by atoms with E-state index in [1.807, 2.05) is 11.0 Å². The van der Waals surface area contributed by atoms with E-state index >= 15 is 0 Å². The third kappa shape index (κ3) is 6.20.